The van der Waals surface area contributed by atoms with Gasteiger partial charge in [0.1, 0.15) is 6.04 Å². The quantitative estimate of drug-likeness (QED) is 0.848. The van der Waals surface area contributed by atoms with E-state index >= 15 is 0 Å². The summed E-state index contributed by atoms with van der Waals surface area (Å²) in [6, 6.07) is 11.5. The minimum Gasteiger partial charge on any atom is -0.480 e. The van der Waals surface area contributed by atoms with Crippen molar-refractivity contribution in [2.45, 2.75) is 39.2 Å². The van der Waals surface area contributed by atoms with E-state index in [4.69, 9.17) is 0 Å². The first-order valence-corrected chi connectivity index (χ1v) is 9.40. The molecular weight excluding hydrogens is 356 g/mol. The first kappa shape index (κ1) is 19.6. The highest BCUT2D eigenvalue weighted by Crippen LogP contribution is 2.22. The second-order valence-corrected chi connectivity index (χ2v) is 7.15. The lowest BCUT2D eigenvalue weighted by atomic mass is 10.0. The number of nitrogens with zero attached hydrogens (tertiary/aromatic N) is 1. The van der Waals surface area contributed by atoms with Gasteiger partial charge in [-0.25, -0.2) is 4.79 Å². The zero-order valence-electron chi connectivity index (χ0n) is 16.1. The Balaban J connectivity index is 1.81. The van der Waals surface area contributed by atoms with Crippen LogP contribution in [0.1, 0.15) is 51.1 Å². The molecule has 0 radical (unpaired) electrons. The molecule has 0 saturated carbocycles. The highest BCUT2D eigenvalue weighted by Gasteiger charge is 2.32. The lowest BCUT2D eigenvalue weighted by Gasteiger charge is -2.33. The summed E-state index contributed by atoms with van der Waals surface area (Å²) in [6.07, 6.45) is 2.05. The van der Waals surface area contributed by atoms with Crippen molar-refractivity contribution in [3.8, 4) is 0 Å². The SMILES string of the molecule is Cc1cccc(C)c1C(=O)Nc1cccc(C(=O)N2CCCCC2C(=O)O)c1. The predicted molar refractivity (Wildman–Crippen MR) is 107 cm³/mol. The van der Waals surface area contributed by atoms with Gasteiger partial charge in [-0.05, 0) is 62.4 Å². The molecule has 146 valence electrons. The summed E-state index contributed by atoms with van der Waals surface area (Å²) in [7, 11) is 0. The molecule has 2 aromatic carbocycles. The molecule has 2 amide bonds. The molecule has 1 aliphatic heterocycles. The van der Waals surface area contributed by atoms with E-state index < -0.39 is 12.0 Å². The summed E-state index contributed by atoms with van der Waals surface area (Å²) in [5, 5.41) is 12.3. The van der Waals surface area contributed by atoms with Gasteiger partial charge in [-0.3, -0.25) is 9.59 Å². The third kappa shape index (κ3) is 4.06. The van der Waals surface area contributed by atoms with E-state index in [-0.39, 0.29) is 11.8 Å². The van der Waals surface area contributed by atoms with Crippen molar-refractivity contribution in [1.29, 1.82) is 0 Å². The number of benzene rings is 2. The van der Waals surface area contributed by atoms with E-state index in [0.717, 1.165) is 24.0 Å². The second-order valence-electron chi connectivity index (χ2n) is 7.15. The van der Waals surface area contributed by atoms with Gasteiger partial charge < -0.3 is 15.3 Å². The number of rotatable bonds is 4. The summed E-state index contributed by atoms with van der Waals surface area (Å²) in [4.78, 5) is 38.5. The topological polar surface area (TPSA) is 86.7 Å². The van der Waals surface area contributed by atoms with Crippen LogP contribution in [0.15, 0.2) is 42.5 Å². The van der Waals surface area contributed by atoms with Crippen molar-refractivity contribution < 1.29 is 19.5 Å². The lowest BCUT2D eigenvalue weighted by Crippen LogP contribution is -2.48. The molecule has 0 aliphatic carbocycles. The molecule has 3 rings (SSSR count). The van der Waals surface area contributed by atoms with Crippen molar-refractivity contribution in [1.82, 2.24) is 4.90 Å². The number of hydrogen-bond donors (Lipinski definition) is 2. The smallest absolute Gasteiger partial charge is 0.326 e. The van der Waals surface area contributed by atoms with Crippen molar-refractivity contribution in [2.75, 3.05) is 11.9 Å². The zero-order chi connectivity index (χ0) is 20.3. The number of anilines is 1. The Morgan fingerprint density at radius 3 is 2.39 bits per heavy atom. The molecular formula is C22H24N2O4. The fourth-order valence-electron chi connectivity index (χ4n) is 3.69. The van der Waals surface area contributed by atoms with Gasteiger partial charge in [-0.1, -0.05) is 24.3 Å². The molecule has 0 aromatic heterocycles. The number of nitrogens with one attached hydrogen (secondary N) is 1. The zero-order valence-corrected chi connectivity index (χ0v) is 16.1. The monoisotopic (exact) mass is 380 g/mol. The van der Waals surface area contributed by atoms with Crippen molar-refractivity contribution in [2.24, 2.45) is 0 Å². The van der Waals surface area contributed by atoms with Gasteiger partial charge in [0, 0.05) is 23.4 Å². The molecule has 0 bridgehead atoms. The highest BCUT2D eigenvalue weighted by molar-refractivity contribution is 6.07. The molecule has 0 spiro atoms. The van der Waals surface area contributed by atoms with Gasteiger partial charge in [0.2, 0.25) is 0 Å². The van der Waals surface area contributed by atoms with Crippen molar-refractivity contribution in [3.05, 3.63) is 64.7 Å². The van der Waals surface area contributed by atoms with Gasteiger partial charge in [0.15, 0.2) is 0 Å². The number of carbonyl (C=O) groups excluding carboxylic acids is 2. The Morgan fingerprint density at radius 2 is 1.71 bits per heavy atom. The molecule has 1 atom stereocenters. The van der Waals surface area contributed by atoms with Crippen LogP contribution in [0.25, 0.3) is 0 Å². The van der Waals surface area contributed by atoms with Crippen molar-refractivity contribution in [3.63, 3.8) is 0 Å². The molecule has 2 aromatic rings. The van der Waals surface area contributed by atoms with Gasteiger partial charge in [-0.15, -0.1) is 0 Å². The van der Waals surface area contributed by atoms with Crippen LogP contribution in [0.2, 0.25) is 0 Å². The summed E-state index contributed by atoms with van der Waals surface area (Å²) in [5.41, 5.74) is 3.24. The first-order valence-electron chi connectivity index (χ1n) is 9.40. The molecule has 28 heavy (non-hydrogen) atoms. The molecule has 1 saturated heterocycles. The maximum absolute atomic E-state index is 12.9. The van der Waals surface area contributed by atoms with Crippen LogP contribution in [0, 0.1) is 13.8 Å². The third-order valence-electron chi connectivity index (χ3n) is 5.12. The number of hydrogen-bond acceptors (Lipinski definition) is 3. The summed E-state index contributed by atoms with van der Waals surface area (Å²) >= 11 is 0. The van der Waals surface area contributed by atoms with E-state index in [2.05, 4.69) is 5.32 Å². The normalized spacial score (nSPS) is 16.5. The van der Waals surface area contributed by atoms with Gasteiger partial charge in [0.05, 0.1) is 0 Å². The lowest BCUT2D eigenvalue weighted by molar-refractivity contribution is -0.143. The van der Waals surface area contributed by atoms with Crippen LogP contribution in [-0.4, -0.2) is 40.4 Å². The maximum Gasteiger partial charge on any atom is 0.326 e. The standard InChI is InChI=1S/C22H24N2O4/c1-14-7-5-8-15(2)19(14)20(25)23-17-10-6-9-16(13-17)21(26)24-12-4-3-11-18(24)22(27)28/h5-10,13,18H,3-4,11-12H2,1-2H3,(H,23,25)(H,27,28). The number of aryl methyl sites for hydroxylation is 2. The van der Waals surface area contributed by atoms with Crippen LogP contribution >= 0.6 is 0 Å². The van der Waals surface area contributed by atoms with Gasteiger partial charge in [0.25, 0.3) is 11.8 Å². The van der Waals surface area contributed by atoms with Crippen LogP contribution in [0.4, 0.5) is 5.69 Å². The Hall–Kier alpha value is -3.15. The highest BCUT2D eigenvalue weighted by atomic mass is 16.4. The molecule has 1 unspecified atom stereocenters. The Labute approximate surface area is 164 Å². The van der Waals surface area contributed by atoms with E-state index in [9.17, 15) is 19.5 Å². The van der Waals surface area contributed by atoms with Gasteiger partial charge >= 0.3 is 5.97 Å². The Morgan fingerprint density at radius 1 is 1.04 bits per heavy atom. The number of carbonyl (C=O) groups is 3. The molecule has 1 aliphatic rings. The van der Waals surface area contributed by atoms with Crippen LogP contribution in [-0.2, 0) is 4.79 Å². The first-order chi connectivity index (χ1) is 13.4. The molecule has 6 heteroatoms. The summed E-state index contributed by atoms with van der Waals surface area (Å²) in [6.45, 7) is 4.18. The van der Waals surface area contributed by atoms with Crippen LogP contribution in [0.3, 0.4) is 0 Å². The summed E-state index contributed by atoms with van der Waals surface area (Å²) in [5.74, 6) is -1.54. The number of amides is 2. The van der Waals surface area contributed by atoms with E-state index in [1.54, 1.807) is 24.3 Å². The molecule has 2 N–H and O–H groups in total. The fraction of sp³-hybridized carbons (Fsp3) is 0.318. The van der Waals surface area contributed by atoms with E-state index in [1.807, 2.05) is 32.0 Å². The minimum atomic E-state index is -0.979. The molecule has 1 heterocycles. The minimum absolute atomic E-state index is 0.235. The number of aliphatic carboxylic acids is 1. The predicted octanol–water partition coefficient (Wildman–Crippen LogP) is 3.64. The van der Waals surface area contributed by atoms with Gasteiger partial charge in [-0.2, -0.15) is 0 Å². The van der Waals surface area contributed by atoms with E-state index in [0.29, 0.717) is 29.8 Å². The van der Waals surface area contributed by atoms with E-state index in [1.165, 1.54) is 4.90 Å². The number of carboxylic acids is 1. The average Bonchev–Trinajstić information content (AvgIpc) is 2.67. The Bertz CT molecular complexity index is 902. The molecule has 6 nitrogen and oxygen atoms in total. The number of carboxylic acid groups (broad SMARTS) is 1. The third-order valence-corrected chi connectivity index (χ3v) is 5.12. The van der Waals surface area contributed by atoms with Crippen LogP contribution < -0.4 is 5.32 Å². The van der Waals surface area contributed by atoms with Crippen LogP contribution in [0.5, 0.6) is 0 Å². The number of piperidine rings is 1. The summed E-state index contributed by atoms with van der Waals surface area (Å²) < 4.78 is 0. The number of likely N-dealkylation sites (tertiary alicyclic amines) is 1. The van der Waals surface area contributed by atoms with Crippen molar-refractivity contribution >= 4 is 23.5 Å². The average molecular weight is 380 g/mol. The molecule has 1 fully saturated rings. The maximum atomic E-state index is 12.9. The fourth-order valence-corrected chi connectivity index (χ4v) is 3.69. The Kier molecular flexibility index (Phi) is 5.78. The second kappa shape index (κ2) is 8.25. The largest absolute Gasteiger partial charge is 0.480 e.